The molecule has 0 saturated carbocycles. The second-order valence-electron chi connectivity index (χ2n) is 22.2. The highest BCUT2D eigenvalue weighted by Crippen LogP contribution is 2.36. The van der Waals surface area contributed by atoms with Crippen molar-refractivity contribution in [3.63, 3.8) is 0 Å². The molecule has 3 unspecified atom stereocenters. The minimum absolute atomic E-state index is 0.178. The van der Waals surface area contributed by atoms with E-state index in [4.69, 9.17) is 81.5 Å². The van der Waals surface area contributed by atoms with Crippen LogP contribution in [0.4, 0.5) is 17.5 Å². The Bertz CT molecular complexity index is 3670. The molecule has 1 aromatic carbocycles. The topological polar surface area (TPSA) is 685 Å². The molecule has 0 radical (unpaired) electrons. The van der Waals surface area contributed by atoms with Gasteiger partial charge in [0.1, 0.15) is 153 Å². The smallest absolute Gasteiger partial charge is 0.320 e. The lowest BCUT2D eigenvalue weighted by Gasteiger charge is -2.16. The first-order valence-electron chi connectivity index (χ1n) is 28.6. The fourth-order valence-electron chi connectivity index (χ4n) is 9.61. The van der Waals surface area contributed by atoms with E-state index in [9.17, 15) is 58.0 Å². The first-order chi connectivity index (χ1) is 45.4. The van der Waals surface area contributed by atoms with Gasteiger partial charge in [0, 0.05) is 29.7 Å². The normalized spacial score (nSPS) is 25.0. The van der Waals surface area contributed by atoms with Crippen LogP contribution in [0.25, 0.3) is 33.5 Å². The predicted octanol–water partition coefficient (Wildman–Crippen LogP) is -6.21. The van der Waals surface area contributed by atoms with Crippen LogP contribution in [0.15, 0.2) is 67.1 Å². The number of aliphatic hydroxyl groups is 6. The van der Waals surface area contributed by atoms with Crippen LogP contribution in [0.1, 0.15) is 43.5 Å². The van der Waals surface area contributed by atoms with Crippen LogP contribution in [0.3, 0.4) is 0 Å². The van der Waals surface area contributed by atoms with E-state index < -0.39 is 130 Å². The second-order valence-corrected chi connectivity index (χ2v) is 31.3. The number of aliphatic carboxylic acids is 3. The lowest BCUT2D eigenvalue weighted by Crippen LogP contribution is -2.37. The third-order valence-electron chi connectivity index (χ3n) is 14.9. The minimum atomic E-state index is -5.17. The quantitative estimate of drug-likeness (QED) is 0.0171. The molecule has 40 nitrogen and oxygen atoms in total. The molecule has 3 saturated heterocycles. The number of aromatic nitrogens is 12. The number of fused-ring (bicyclic) bond motifs is 3. The van der Waals surface area contributed by atoms with Gasteiger partial charge >= 0.3 is 17.9 Å². The molecule has 21 N–H and O–H groups in total. The van der Waals surface area contributed by atoms with Gasteiger partial charge in [0.05, 0.1) is 42.6 Å². The van der Waals surface area contributed by atoms with E-state index in [2.05, 4.69) is 44.9 Å². The summed E-state index contributed by atoms with van der Waals surface area (Å²) in [5.74, 6) is 0.763. The Morgan fingerprint density at radius 1 is 0.485 bits per heavy atom. The monoisotopic (exact) mass is 1460 g/mol. The third-order valence-corrected chi connectivity index (χ3v) is 21.3. The van der Waals surface area contributed by atoms with Crippen molar-refractivity contribution in [3.05, 3.63) is 67.8 Å². The fraction of sp³-hybridized carbons (Fsp3) is 0.538. The number of aryl methyl sites for hydroxylation is 1. The van der Waals surface area contributed by atoms with Crippen LogP contribution in [-0.4, -0.2) is 279 Å². The number of carboxylic acid groups (broad SMARTS) is 3. The number of benzene rings is 1. The van der Waals surface area contributed by atoms with Gasteiger partial charge in [0.15, 0.2) is 53.1 Å². The van der Waals surface area contributed by atoms with Crippen molar-refractivity contribution in [2.45, 2.75) is 123 Å². The number of nitrogens with two attached hydrogens (primary N) is 6. The largest absolute Gasteiger partial charge is 0.759 e. The predicted molar refractivity (Wildman–Crippen MR) is 346 cm³/mol. The summed E-state index contributed by atoms with van der Waals surface area (Å²) >= 11 is 0. The number of imidazole rings is 3. The van der Waals surface area contributed by atoms with Gasteiger partial charge in [-0.2, -0.15) is 0 Å². The number of aliphatic hydroxyl groups excluding tert-OH is 6. The Labute approximate surface area is 561 Å². The lowest BCUT2D eigenvalue weighted by molar-refractivity contribution is -0.139. The Kier molecular flexibility index (Phi) is 28.3. The summed E-state index contributed by atoms with van der Waals surface area (Å²) in [4.78, 5) is 68.7. The molecule has 45 heteroatoms. The molecule has 97 heavy (non-hydrogen) atoms. The molecule has 3 aliphatic rings. The number of carbonyl (C=O) groups is 3. The molecule has 6 aromatic heterocycles. The summed E-state index contributed by atoms with van der Waals surface area (Å²) in [6.07, 6.45) is 3.93. The number of nitrogen functional groups attached to an aromatic ring is 3. The molecule has 3 fully saturated rings. The minimum Gasteiger partial charge on any atom is -0.759 e. The molecular formula is C52H76N18O22S5. The molecule has 3 aliphatic heterocycles. The van der Waals surface area contributed by atoms with Crippen molar-refractivity contribution in [1.82, 2.24) is 58.6 Å². The van der Waals surface area contributed by atoms with E-state index >= 15 is 0 Å². The maximum atomic E-state index is 10.8. The molecular weight excluding hydrogens is 1390 g/mol. The SMILES string of the molecule is C[S+](CC[C@H](N)C(=O)O)C[C@H]1O[C@@H](n2cnc3c(N)ncnc32)[C@H](O)[C@@H]1O.C[S+](CC[C@H](N)C(=O)O)C[C@H]1O[C@@H](n2cnc3c(N)ncnc32)[C@H](O)[C@@H]1O.C[S+](CC[C@H](N)C(=O)O)C[C@H]1O[C@@H](n2cnc3c(N)ncnc32)[C@H](O)[C@@H]1O.Cc1ccc(S(=O)(=O)[O-])cc1.O=S(=O)([O-])[O-]. The zero-order valence-corrected chi connectivity index (χ0v) is 56.1. The van der Waals surface area contributed by atoms with Gasteiger partial charge in [-0.3, -0.25) is 36.5 Å². The van der Waals surface area contributed by atoms with Crippen LogP contribution < -0.4 is 34.4 Å². The van der Waals surface area contributed by atoms with Gasteiger partial charge in [0.2, 0.25) is 0 Å². The van der Waals surface area contributed by atoms with Crippen LogP contribution in [-0.2, 0) is 81.8 Å². The van der Waals surface area contributed by atoms with E-state index in [1.165, 1.54) is 63.8 Å². The summed E-state index contributed by atoms with van der Waals surface area (Å²) in [5.41, 5.74) is 37.2. The molecule has 10 rings (SSSR count). The maximum absolute atomic E-state index is 10.8. The molecule has 536 valence electrons. The van der Waals surface area contributed by atoms with Gasteiger partial charge < -0.3 is 108 Å². The highest BCUT2D eigenvalue weighted by Gasteiger charge is 2.49. The van der Waals surface area contributed by atoms with E-state index in [-0.39, 0.29) is 55.0 Å². The Hall–Kier alpha value is -6.97. The molecule has 9 heterocycles. The molecule has 0 bridgehead atoms. The van der Waals surface area contributed by atoms with Crippen LogP contribution in [0.5, 0.6) is 0 Å². The number of hydrogen-bond donors (Lipinski definition) is 15. The zero-order valence-electron chi connectivity index (χ0n) is 52.0. The van der Waals surface area contributed by atoms with Crippen molar-refractivity contribution in [2.24, 2.45) is 17.2 Å². The van der Waals surface area contributed by atoms with Gasteiger partial charge in [-0.25, -0.2) is 53.3 Å². The van der Waals surface area contributed by atoms with E-state index in [0.29, 0.717) is 87.3 Å². The number of nitrogens with zero attached hydrogens (tertiary/aromatic N) is 12. The molecule has 18 atom stereocenters. The summed E-state index contributed by atoms with van der Waals surface area (Å²) in [6.45, 7) is 1.82. The second kappa shape index (κ2) is 34.7. The third kappa shape index (κ3) is 21.5. The first-order valence-corrected chi connectivity index (χ1v) is 37.3. The number of rotatable bonds is 22. The van der Waals surface area contributed by atoms with E-state index in [0.717, 1.165) is 5.56 Å². The summed E-state index contributed by atoms with van der Waals surface area (Å²) in [5, 5.41) is 89.0. The highest BCUT2D eigenvalue weighted by molar-refractivity contribution is 7.96. The Morgan fingerprint density at radius 2 is 0.742 bits per heavy atom. The highest BCUT2D eigenvalue weighted by atomic mass is 32.3. The first kappa shape index (κ1) is 79.0. The van der Waals surface area contributed by atoms with Gasteiger partial charge in [-0.05, 0) is 51.7 Å². The molecule has 0 spiro atoms. The molecule has 7 aromatic rings. The van der Waals surface area contributed by atoms with Crippen molar-refractivity contribution in [3.8, 4) is 0 Å². The zero-order chi connectivity index (χ0) is 72.1. The average Bonchev–Trinajstić information content (AvgIpc) is 1.64. The number of ether oxygens (including phenoxy) is 3. The number of carboxylic acids is 3. The van der Waals surface area contributed by atoms with Crippen molar-refractivity contribution >= 4 is 122 Å². The standard InChI is InChI=1S/3C15H22N6O5S.C7H8O3S.H2O4S/c3*1-27(3-2-7(16)15(24)25)4-8-10(22)11(23)14(26-8)21-6-20-9-12(17)18-5-19-13(9)21;1-6-2-4-7(5-3-6)11(8,9)10;1-5(2,3)4/h3*5-8,10-11,14,22-23H,2-4,16H2,1H3,(H2-,17,18,19,24,25);2-5H,1H3,(H,8,9,10);(H2,1,2,3,4)/t3*7-,8+,10+,11+,14+,27?;;/m000../s1. The maximum Gasteiger partial charge on any atom is 0.320 e. The van der Waals surface area contributed by atoms with Crippen molar-refractivity contribution < 1.29 is 105 Å². The Morgan fingerprint density at radius 3 is 0.979 bits per heavy atom. The van der Waals surface area contributed by atoms with Crippen LogP contribution >= 0.6 is 0 Å². The van der Waals surface area contributed by atoms with E-state index in [1.54, 1.807) is 12.1 Å². The molecule has 0 aliphatic carbocycles. The van der Waals surface area contributed by atoms with Crippen molar-refractivity contribution in [2.75, 3.05) is 70.5 Å². The van der Waals surface area contributed by atoms with Gasteiger partial charge in [-0.15, -0.1) is 0 Å². The van der Waals surface area contributed by atoms with E-state index in [1.807, 2.05) is 25.7 Å². The van der Waals surface area contributed by atoms with Gasteiger partial charge in [0.25, 0.3) is 0 Å². The fourth-order valence-corrected chi connectivity index (χ4v) is 15.1. The van der Waals surface area contributed by atoms with Crippen LogP contribution in [0.2, 0.25) is 0 Å². The summed E-state index contributed by atoms with van der Waals surface area (Å²) < 4.78 is 87.5. The molecule has 0 amide bonds. The summed E-state index contributed by atoms with van der Waals surface area (Å²) in [6, 6.07) is 3.06. The number of anilines is 3. The lowest BCUT2D eigenvalue weighted by atomic mass is 10.1. The Balaban J connectivity index is 0.000000206. The van der Waals surface area contributed by atoms with Crippen molar-refractivity contribution in [1.29, 1.82) is 0 Å². The summed E-state index contributed by atoms with van der Waals surface area (Å²) in [7, 11) is -10.1. The van der Waals surface area contributed by atoms with Gasteiger partial charge in [-0.1, -0.05) is 17.7 Å². The average molecular weight is 1470 g/mol. The number of hydrogen-bond acceptors (Lipinski definition) is 34. The van der Waals surface area contributed by atoms with Crippen LogP contribution in [0, 0.1) is 6.92 Å².